The fourth-order valence-corrected chi connectivity index (χ4v) is 0.591. The van der Waals surface area contributed by atoms with Crippen LogP contribution in [0.2, 0.25) is 0 Å². The standard InChI is InChI=1S/C6H7NO/c1-5-2-3-7-6(8)4-5/h2-3H,4H2,1H3. The number of aliphatic imine (C=N–C) groups is 1. The van der Waals surface area contributed by atoms with Crippen molar-refractivity contribution in [3.63, 3.8) is 0 Å². The SMILES string of the molecule is CC1=CC=NC(=O)C1. The summed E-state index contributed by atoms with van der Waals surface area (Å²) in [6, 6.07) is 0. The molecule has 0 aromatic heterocycles. The van der Waals surface area contributed by atoms with Crippen molar-refractivity contribution in [2.45, 2.75) is 13.3 Å². The maximum Gasteiger partial charge on any atom is 0.249 e. The lowest BCUT2D eigenvalue weighted by atomic mass is 10.2. The minimum Gasteiger partial charge on any atom is -0.272 e. The van der Waals surface area contributed by atoms with E-state index in [0.717, 1.165) is 5.57 Å². The predicted molar refractivity (Wildman–Crippen MR) is 31.9 cm³/mol. The molecular weight excluding hydrogens is 102 g/mol. The summed E-state index contributed by atoms with van der Waals surface area (Å²) in [5.74, 6) is -0.0370. The largest absolute Gasteiger partial charge is 0.272 e. The molecule has 1 rings (SSSR count). The number of dihydropyridines is 1. The summed E-state index contributed by atoms with van der Waals surface area (Å²) in [6.45, 7) is 1.92. The second kappa shape index (κ2) is 1.90. The molecule has 1 aliphatic heterocycles. The topological polar surface area (TPSA) is 29.4 Å². The molecule has 0 N–H and O–H groups in total. The van der Waals surface area contributed by atoms with Gasteiger partial charge in [0.05, 0.1) is 6.42 Å². The van der Waals surface area contributed by atoms with Gasteiger partial charge in [0.2, 0.25) is 5.91 Å². The van der Waals surface area contributed by atoms with Crippen molar-refractivity contribution < 1.29 is 4.79 Å². The zero-order valence-corrected chi connectivity index (χ0v) is 4.72. The quantitative estimate of drug-likeness (QED) is 0.455. The third kappa shape index (κ3) is 1.03. The Balaban J connectivity index is 2.73. The van der Waals surface area contributed by atoms with Crippen molar-refractivity contribution in [2.75, 3.05) is 0 Å². The van der Waals surface area contributed by atoms with Crippen molar-refractivity contribution in [3.8, 4) is 0 Å². The molecule has 1 amide bonds. The lowest BCUT2D eigenvalue weighted by Crippen LogP contribution is -1.98. The summed E-state index contributed by atoms with van der Waals surface area (Å²) in [5, 5.41) is 0. The van der Waals surface area contributed by atoms with E-state index in [0.29, 0.717) is 6.42 Å². The van der Waals surface area contributed by atoms with E-state index >= 15 is 0 Å². The van der Waals surface area contributed by atoms with Crippen LogP contribution in [0.4, 0.5) is 0 Å². The number of hydrogen-bond donors (Lipinski definition) is 0. The minimum absolute atomic E-state index is 0.0370. The van der Waals surface area contributed by atoms with Gasteiger partial charge in [-0.25, -0.2) is 4.99 Å². The maximum absolute atomic E-state index is 10.4. The third-order valence-corrected chi connectivity index (χ3v) is 1.01. The molecule has 0 unspecified atom stereocenters. The monoisotopic (exact) mass is 109 g/mol. The van der Waals surface area contributed by atoms with Crippen LogP contribution < -0.4 is 0 Å². The molecule has 1 heterocycles. The van der Waals surface area contributed by atoms with E-state index in [1.807, 2.05) is 13.0 Å². The molecule has 0 aromatic rings. The first-order valence-corrected chi connectivity index (χ1v) is 2.52. The lowest BCUT2D eigenvalue weighted by Gasteiger charge is -1.97. The Morgan fingerprint density at radius 2 is 2.50 bits per heavy atom. The van der Waals surface area contributed by atoms with Crippen LogP contribution in [0.3, 0.4) is 0 Å². The first-order chi connectivity index (χ1) is 3.79. The van der Waals surface area contributed by atoms with Crippen LogP contribution in [0.15, 0.2) is 16.6 Å². The van der Waals surface area contributed by atoms with Gasteiger partial charge < -0.3 is 0 Å². The van der Waals surface area contributed by atoms with E-state index < -0.39 is 0 Å². The van der Waals surface area contributed by atoms with Crippen LogP contribution in [0.1, 0.15) is 13.3 Å². The molecule has 1 aliphatic rings. The molecule has 0 saturated heterocycles. The number of carbonyl (C=O) groups is 1. The van der Waals surface area contributed by atoms with Crippen molar-refractivity contribution in [3.05, 3.63) is 11.6 Å². The van der Waals surface area contributed by atoms with Gasteiger partial charge in [0, 0.05) is 6.21 Å². The highest BCUT2D eigenvalue weighted by Crippen LogP contribution is 2.03. The van der Waals surface area contributed by atoms with E-state index in [1.54, 1.807) is 6.21 Å². The second-order valence-electron chi connectivity index (χ2n) is 1.86. The van der Waals surface area contributed by atoms with Crippen LogP contribution in [0.25, 0.3) is 0 Å². The molecule has 0 spiro atoms. The number of hydrogen-bond acceptors (Lipinski definition) is 1. The van der Waals surface area contributed by atoms with E-state index in [4.69, 9.17) is 0 Å². The summed E-state index contributed by atoms with van der Waals surface area (Å²) >= 11 is 0. The average molecular weight is 109 g/mol. The summed E-state index contributed by atoms with van der Waals surface area (Å²) in [4.78, 5) is 14.0. The van der Waals surface area contributed by atoms with Gasteiger partial charge in [-0.3, -0.25) is 4.79 Å². The smallest absolute Gasteiger partial charge is 0.249 e. The minimum atomic E-state index is -0.0370. The molecule has 0 atom stereocenters. The van der Waals surface area contributed by atoms with Crippen molar-refractivity contribution in [2.24, 2.45) is 4.99 Å². The molecule has 0 aliphatic carbocycles. The molecule has 0 radical (unpaired) electrons. The molecule has 0 bridgehead atoms. The van der Waals surface area contributed by atoms with Crippen LogP contribution in [0, 0.1) is 0 Å². The number of rotatable bonds is 0. The Kier molecular flexibility index (Phi) is 1.24. The third-order valence-electron chi connectivity index (χ3n) is 1.01. The highest BCUT2D eigenvalue weighted by atomic mass is 16.1. The Hall–Kier alpha value is -0.920. The van der Waals surface area contributed by atoms with Gasteiger partial charge in [-0.1, -0.05) is 5.57 Å². The van der Waals surface area contributed by atoms with Gasteiger partial charge in [0.15, 0.2) is 0 Å². The molecule has 0 saturated carbocycles. The van der Waals surface area contributed by atoms with Gasteiger partial charge in [-0.2, -0.15) is 0 Å². The van der Waals surface area contributed by atoms with Crippen molar-refractivity contribution >= 4 is 12.1 Å². The van der Waals surface area contributed by atoms with E-state index in [2.05, 4.69) is 4.99 Å². The van der Waals surface area contributed by atoms with Crippen molar-refractivity contribution in [1.29, 1.82) is 0 Å². The molecule has 42 valence electrons. The van der Waals surface area contributed by atoms with Crippen molar-refractivity contribution in [1.82, 2.24) is 0 Å². The Bertz CT molecular complexity index is 167. The summed E-state index contributed by atoms with van der Waals surface area (Å²) in [5.41, 5.74) is 1.09. The normalized spacial score (nSPS) is 18.6. The average Bonchev–Trinajstić information content (AvgIpc) is 1.64. The highest BCUT2D eigenvalue weighted by Gasteiger charge is 2.01. The fourth-order valence-electron chi connectivity index (χ4n) is 0.591. The zero-order valence-electron chi connectivity index (χ0n) is 4.72. The Morgan fingerprint density at radius 1 is 1.75 bits per heavy atom. The molecular formula is C6H7NO. The zero-order chi connectivity index (χ0) is 5.98. The van der Waals surface area contributed by atoms with Gasteiger partial charge >= 0.3 is 0 Å². The van der Waals surface area contributed by atoms with Gasteiger partial charge in [-0.15, -0.1) is 0 Å². The molecule has 0 aromatic carbocycles. The highest BCUT2D eigenvalue weighted by molar-refractivity contribution is 5.93. The first kappa shape index (κ1) is 5.22. The maximum atomic E-state index is 10.4. The Labute approximate surface area is 47.9 Å². The predicted octanol–water partition coefficient (Wildman–Crippen LogP) is 0.934. The van der Waals surface area contributed by atoms with E-state index in [9.17, 15) is 4.79 Å². The van der Waals surface area contributed by atoms with E-state index in [-0.39, 0.29) is 5.91 Å². The number of allylic oxidation sites excluding steroid dienone is 1. The summed E-state index contributed by atoms with van der Waals surface area (Å²) < 4.78 is 0. The van der Waals surface area contributed by atoms with Gasteiger partial charge in [0.1, 0.15) is 0 Å². The summed E-state index contributed by atoms with van der Waals surface area (Å²) in [7, 11) is 0. The Morgan fingerprint density at radius 3 is 2.88 bits per heavy atom. The van der Waals surface area contributed by atoms with E-state index in [1.165, 1.54) is 0 Å². The molecule has 0 fully saturated rings. The molecule has 2 nitrogen and oxygen atoms in total. The van der Waals surface area contributed by atoms with Gasteiger partial charge in [0.25, 0.3) is 0 Å². The summed E-state index contributed by atoms with van der Waals surface area (Å²) in [6.07, 6.45) is 3.89. The van der Waals surface area contributed by atoms with Crippen LogP contribution in [-0.2, 0) is 4.79 Å². The lowest BCUT2D eigenvalue weighted by molar-refractivity contribution is -0.117. The first-order valence-electron chi connectivity index (χ1n) is 2.52. The van der Waals surface area contributed by atoms with Crippen LogP contribution in [-0.4, -0.2) is 12.1 Å². The number of carbonyl (C=O) groups excluding carboxylic acids is 1. The number of amides is 1. The fraction of sp³-hybridized carbons (Fsp3) is 0.333. The number of nitrogens with zero attached hydrogens (tertiary/aromatic N) is 1. The second-order valence-corrected chi connectivity index (χ2v) is 1.86. The van der Waals surface area contributed by atoms with Crippen LogP contribution in [0.5, 0.6) is 0 Å². The molecule has 8 heavy (non-hydrogen) atoms. The van der Waals surface area contributed by atoms with Gasteiger partial charge in [-0.05, 0) is 13.0 Å². The van der Waals surface area contributed by atoms with Crippen LogP contribution >= 0.6 is 0 Å². The molecule has 2 heteroatoms.